The monoisotopic (exact) mass is 425 g/mol. The number of Topliss-reactive ketones (excluding diaryl/α,β-unsaturated/α-hetero) is 1. The lowest BCUT2D eigenvalue weighted by Crippen LogP contribution is -2.15. The van der Waals surface area contributed by atoms with Gasteiger partial charge in [-0.2, -0.15) is 0 Å². The number of ketones is 1. The van der Waals surface area contributed by atoms with Crippen LogP contribution < -0.4 is 5.32 Å². The van der Waals surface area contributed by atoms with Crippen LogP contribution in [0.2, 0.25) is 0 Å². The molecular weight excluding hydrogens is 405 g/mol. The number of carbonyl (C=O) groups excluding carboxylic acids is 1. The van der Waals surface area contributed by atoms with Crippen molar-refractivity contribution in [1.29, 1.82) is 0 Å². The zero-order valence-electron chi connectivity index (χ0n) is 15.7. The average Bonchev–Trinajstić information content (AvgIpc) is 3.10. The maximum absolute atomic E-state index is 12.9. The molecule has 29 heavy (non-hydrogen) atoms. The Morgan fingerprint density at radius 2 is 1.55 bits per heavy atom. The van der Waals surface area contributed by atoms with E-state index in [-0.39, 0.29) is 24.7 Å². The van der Waals surface area contributed by atoms with Crippen molar-refractivity contribution in [3.05, 3.63) is 84.4 Å². The molecule has 0 radical (unpaired) electrons. The Kier molecular flexibility index (Phi) is 6.91. The van der Waals surface area contributed by atoms with E-state index < -0.39 is 0 Å². The number of anilines is 1. The van der Waals surface area contributed by atoms with E-state index in [2.05, 4.69) is 22.4 Å². The molecule has 0 saturated heterocycles. The zero-order chi connectivity index (χ0) is 19.3. The molecule has 0 aliphatic carbocycles. The summed E-state index contributed by atoms with van der Waals surface area (Å²) >= 11 is 5.80. The van der Waals surface area contributed by atoms with E-state index in [4.69, 9.17) is 11.6 Å². The molecule has 1 aromatic heterocycles. The van der Waals surface area contributed by atoms with Gasteiger partial charge in [-0.1, -0.05) is 66.7 Å². The summed E-state index contributed by atoms with van der Waals surface area (Å²) in [7, 11) is 0. The number of benzene rings is 3. The first-order valence-corrected chi connectivity index (χ1v) is 9.73. The fourth-order valence-corrected chi connectivity index (χ4v) is 3.34. The van der Waals surface area contributed by atoms with E-state index in [1.807, 2.05) is 71.3 Å². The zero-order valence-corrected chi connectivity index (χ0v) is 17.3. The smallest absolute Gasteiger partial charge is 0.204 e. The third-order valence-electron chi connectivity index (χ3n) is 4.65. The minimum absolute atomic E-state index is 0. The van der Waals surface area contributed by atoms with E-state index in [1.54, 1.807) is 0 Å². The largest absolute Gasteiger partial charge is 0.354 e. The molecule has 6 heteroatoms. The topological polar surface area (TPSA) is 46.9 Å². The summed E-state index contributed by atoms with van der Waals surface area (Å²) in [5.74, 6) is 1.17. The highest BCUT2D eigenvalue weighted by atomic mass is 35.5. The van der Waals surface area contributed by atoms with Crippen molar-refractivity contribution in [1.82, 2.24) is 9.55 Å². The highest BCUT2D eigenvalue weighted by molar-refractivity contribution is 6.18. The number of rotatable bonds is 7. The van der Waals surface area contributed by atoms with Crippen molar-refractivity contribution < 1.29 is 4.79 Å². The number of aromatic nitrogens is 2. The Balaban J connectivity index is 0.00000240. The highest BCUT2D eigenvalue weighted by Gasteiger charge is 2.14. The van der Waals surface area contributed by atoms with E-state index >= 15 is 0 Å². The number of nitrogens with one attached hydrogen (secondary N) is 1. The summed E-state index contributed by atoms with van der Waals surface area (Å²) in [5, 5.41) is 3.21. The number of fused-ring (bicyclic) bond motifs is 1. The van der Waals surface area contributed by atoms with E-state index in [0.717, 1.165) is 22.2 Å². The van der Waals surface area contributed by atoms with Crippen LogP contribution in [-0.2, 0) is 6.54 Å². The van der Waals surface area contributed by atoms with Crippen LogP contribution in [0.15, 0.2) is 78.9 Å². The van der Waals surface area contributed by atoms with Crippen LogP contribution in [0.25, 0.3) is 22.2 Å². The first kappa shape index (κ1) is 20.9. The second-order valence-corrected chi connectivity index (χ2v) is 6.87. The molecule has 0 bridgehead atoms. The summed E-state index contributed by atoms with van der Waals surface area (Å²) in [6.45, 7) is 0.806. The lowest BCUT2D eigenvalue weighted by molar-refractivity contribution is 0.0974. The van der Waals surface area contributed by atoms with Crippen molar-refractivity contribution in [2.75, 3.05) is 17.7 Å². The number of alkyl halides is 1. The molecular formula is C23H21Cl2N3O. The van der Waals surface area contributed by atoms with Crippen LogP contribution in [0.5, 0.6) is 0 Å². The van der Waals surface area contributed by atoms with E-state index in [1.165, 1.54) is 0 Å². The van der Waals surface area contributed by atoms with Crippen LogP contribution in [-0.4, -0.2) is 27.8 Å². The minimum atomic E-state index is 0. The molecule has 1 heterocycles. The number of hydrogen-bond acceptors (Lipinski definition) is 3. The van der Waals surface area contributed by atoms with Gasteiger partial charge in [0, 0.05) is 18.0 Å². The van der Waals surface area contributed by atoms with Crippen molar-refractivity contribution in [3.63, 3.8) is 0 Å². The van der Waals surface area contributed by atoms with Crippen LogP contribution in [0.1, 0.15) is 10.4 Å². The van der Waals surface area contributed by atoms with E-state index in [0.29, 0.717) is 23.9 Å². The minimum Gasteiger partial charge on any atom is -0.354 e. The lowest BCUT2D eigenvalue weighted by atomic mass is 10.0. The molecule has 0 amide bonds. The quantitative estimate of drug-likeness (QED) is 0.307. The second kappa shape index (κ2) is 9.59. The molecule has 0 unspecified atom stereocenters. The Bertz CT molecular complexity index is 1090. The molecule has 0 atom stereocenters. The van der Waals surface area contributed by atoms with Crippen molar-refractivity contribution in [3.8, 4) is 11.1 Å². The number of hydrogen-bond donors (Lipinski definition) is 1. The van der Waals surface area contributed by atoms with Gasteiger partial charge < -0.3 is 9.88 Å². The Labute approximate surface area is 180 Å². The summed E-state index contributed by atoms with van der Waals surface area (Å²) in [5.41, 5.74) is 4.69. The van der Waals surface area contributed by atoms with Crippen LogP contribution >= 0.6 is 24.0 Å². The first-order chi connectivity index (χ1) is 13.8. The second-order valence-electron chi connectivity index (χ2n) is 6.49. The van der Waals surface area contributed by atoms with Crippen LogP contribution in [0.4, 0.5) is 5.95 Å². The van der Waals surface area contributed by atoms with Gasteiger partial charge >= 0.3 is 0 Å². The Morgan fingerprint density at radius 1 is 0.897 bits per heavy atom. The predicted molar refractivity (Wildman–Crippen MR) is 122 cm³/mol. The average molecular weight is 426 g/mol. The number of halogens is 2. The summed E-state index contributed by atoms with van der Waals surface area (Å²) in [6, 6.07) is 25.7. The molecule has 0 saturated carbocycles. The number of nitrogens with zero attached hydrogens (tertiary/aromatic N) is 2. The number of carbonyl (C=O) groups is 1. The van der Waals surface area contributed by atoms with Crippen molar-refractivity contribution in [2.24, 2.45) is 0 Å². The standard InChI is InChI=1S/C23H20ClN3O.ClH/c24-14-15-25-23-26-20-8-4-5-9-21(20)27(23)16-22(28)19-12-10-18(11-13-19)17-6-2-1-3-7-17;/h1-13H,14-16H2,(H,25,26);1H. The number of imidazole rings is 1. The SMILES string of the molecule is Cl.O=C(Cn1c(NCCCl)nc2ccccc21)c1ccc(-c2ccccc2)cc1. The van der Waals surface area contributed by atoms with Gasteiger partial charge in [0.15, 0.2) is 5.78 Å². The molecule has 4 aromatic rings. The molecule has 4 nitrogen and oxygen atoms in total. The summed E-state index contributed by atoms with van der Waals surface area (Å²) in [6.07, 6.45) is 0. The maximum atomic E-state index is 12.9. The molecule has 0 aliphatic heterocycles. The van der Waals surface area contributed by atoms with Crippen molar-refractivity contribution >= 4 is 46.8 Å². The lowest BCUT2D eigenvalue weighted by Gasteiger charge is -2.10. The Hall–Kier alpha value is -2.82. The Morgan fingerprint density at radius 3 is 2.28 bits per heavy atom. The molecule has 4 rings (SSSR count). The normalized spacial score (nSPS) is 10.5. The van der Waals surface area contributed by atoms with Gasteiger partial charge in [-0.05, 0) is 23.3 Å². The van der Waals surface area contributed by atoms with Crippen LogP contribution in [0.3, 0.4) is 0 Å². The third-order valence-corrected chi connectivity index (χ3v) is 4.84. The summed E-state index contributed by atoms with van der Waals surface area (Å²) in [4.78, 5) is 17.5. The molecule has 0 aliphatic rings. The van der Waals surface area contributed by atoms with Gasteiger partial charge in [-0.15, -0.1) is 24.0 Å². The van der Waals surface area contributed by atoms with Gasteiger partial charge in [0.2, 0.25) is 5.95 Å². The van der Waals surface area contributed by atoms with Gasteiger partial charge in [-0.3, -0.25) is 4.79 Å². The summed E-state index contributed by atoms with van der Waals surface area (Å²) < 4.78 is 1.91. The molecule has 1 N–H and O–H groups in total. The predicted octanol–water partition coefficient (Wildman–Crippen LogP) is 5.66. The highest BCUT2D eigenvalue weighted by Crippen LogP contribution is 2.22. The van der Waals surface area contributed by atoms with Crippen molar-refractivity contribution in [2.45, 2.75) is 6.54 Å². The fourth-order valence-electron chi connectivity index (χ4n) is 3.24. The number of para-hydroxylation sites is 2. The van der Waals surface area contributed by atoms with Crippen LogP contribution in [0, 0.1) is 0 Å². The molecule has 0 fully saturated rings. The molecule has 0 spiro atoms. The molecule has 3 aromatic carbocycles. The third kappa shape index (κ3) is 4.61. The van der Waals surface area contributed by atoms with Gasteiger partial charge in [0.05, 0.1) is 17.6 Å². The maximum Gasteiger partial charge on any atom is 0.204 e. The van der Waals surface area contributed by atoms with Gasteiger partial charge in [0.25, 0.3) is 0 Å². The van der Waals surface area contributed by atoms with E-state index in [9.17, 15) is 4.79 Å². The van der Waals surface area contributed by atoms with Gasteiger partial charge in [0.1, 0.15) is 0 Å². The molecule has 148 valence electrons. The fraction of sp³-hybridized carbons (Fsp3) is 0.130. The first-order valence-electron chi connectivity index (χ1n) is 9.20. The van der Waals surface area contributed by atoms with Gasteiger partial charge in [-0.25, -0.2) is 4.98 Å².